The molecule has 0 saturated carbocycles. The summed E-state index contributed by atoms with van der Waals surface area (Å²) in [5.41, 5.74) is 5.90. The Kier molecular flexibility index (Phi) is 6.84. The van der Waals surface area contributed by atoms with Crippen LogP contribution in [-0.2, 0) is 17.5 Å². The molecule has 0 bridgehead atoms. The molecular weight excluding hydrogens is 369 g/mol. The number of carbonyl (C=O) groups excluding carboxylic acids is 1. The standard InChI is InChI=1S/C17H21F3N4O.ClH/c1-16(2,3)14(21)15(25)22-10-11-4-6-12(7-5-11)24-9-8-13(23-24)17(18,19)20;/h4-9,14H,10,21H2,1-3H3,(H,22,25);1H/t14-;/m1./s1. The van der Waals surface area contributed by atoms with Gasteiger partial charge in [-0.3, -0.25) is 4.79 Å². The van der Waals surface area contributed by atoms with Gasteiger partial charge in [0, 0.05) is 12.7 Å². The highest BCUT2D eigenvalue weighted by Gasteiger charge is 2.33. The Hall–Kier alpha value is -2.06. The molecule has 26 heavy (non-hydrogen) atoms. The lowest BCUT2D eigenvalue weighted by molar-refractivity contribution is -0.141. The molecular formula is C17H22ClF3N4O. The summed E-state index contributed by atoms with van der Waals surface area (Å²) in [5.74, 6) is -0.251. The molecule has 0 aliphatic heterocycles. The van der Waals surface area contributed by atoms with Crippen molar-refractivity contribution in [3.05, 3.63) is 47.8 Å². The van der Waals surface area contributed by atoms with Crippen molar-refractivity contribution < 1.29 is 18.0 Å². The van der Waals surface area contributed by atoms with Crippen molar-refractivity contribution >= 4 is 18.3 Å². The number of rotatable bonds is 4. The Balaban J connectivity index is 0.00000338. The number of alkyl halides is 3. The van der Waals surface area contributed by atoms with Crippen LogP contribution in [0.15, 0.2) is 36.5 Å². The van der Waals surface area contributed by atoms with E-state index in [-0.39, 0.29) is 30.3 Å². The molecule has 0 unspecified atom stereocenters. The maximum Gasteiger partial charge on any atom is 0.435 e. The van der Waals surface area contributed by atoms with E-state index in [9.17, 15) is 18.0 Å². The Morgan fingerprint density at radius 1 is 1.19 bits per heavy atom. The van der Waals surface area contributed by atoms with Crippen LogP contribution < -0.4 is 11.1 Å². The summed E-state index contributed by atoms with van der Waals surface area (Å²) in [7, 11) is 0. The number of halogens is 4. The van der Waals surface area contributed by atoms with Crippen LogP contribution in [0.4, 0.5) is 13.2 Å². The van der Waals surface area contributed by atoms with E-state index in [1.807, 2.05) is 20.8 Å². The van der Waals surface area contributed by atoms with E-state index in [1.165, 1.54) is 6.20 Å². The van der Waals surface area contributed by atoms with E-state index in [2.05, 4.69) is 10.4 Å². The van der Waals surface area contributed by atoms with Crippen LogP contribution in [-0.4, -0.2) is 21.7 Å². The lowest BCUT2D eigenvalue weighted by Gasteiger charge is -2.25. The lowest BCUT2D eigenvalue weighted by Crippen LogP contribution is -2.48. The molecule has 5 nitrogen and oxygen atoms in total. The third-order valence-electron chi connectivity index (χ3n) is 3.76. The van der Waals surface area contributed by atoms with E-state index in [0.717, 1.165) is 16.3 Å². The zero-order valence-electron chi connectivity index (χ0n) is 14.7. The summed E-state index contributed by atoms with van der Waals surface area (Å²) >= 11 is 0. The van der Waals surface area contributed by atoms with E-state index in [0.29, 0.717) is 5.69 Å². The van der Waals surface area contributed by atoms with Crippen molar-refractivity contribution in [3.63, 3.8) is 0 Å². The summed E-state index contributed by atoms with van der Waals surface area (Å²) in [6, 6.07) is 7.00. The highest BCUT2D eigenvalue weighted by Crippen LogP contribution is 2.27. The molecule has 1 atom stereocenters. The summed E-state index contributed by atoms with van der Waals surface area (Å²) < 4.78 is 38.9. The van der Waals surface area contributed by atoms with Gasteiger partial charge in [-0.05, 0) is 29.2 Å². The molecule has 1 aromatic heterocycles. The summed E-state index contributed by atoms with van der Waals surface area (Å²) in [5, 5.41) is 6.26. The molecule has 1 aromatic carbocycles. The highest BCUT2D eigenvalue weighted by molar-refractivity contribution is 5.85. The third kappa shape index (κ3) is 5.47. The van der Waals surface area contributed by atoms with Gasteiger partial charge in [-0.15, -0.1) is 12.4 Å². The number of carbonyl (C=O) groups is 1. The zero-order valence-corrected chi connectivity index (χ0v) is 15.5. The Bertz CT molecular complexity index is 736. The summed E-state index contributed by atoms with van der Waals surface area (Å²) in [6.07, 6.45) is -3.22. The second kappa shape index (κ2) is 8.09. The fraction of sp³-hybridized carbons (Fsp3) is 0.412. The minimum Gasteiger partial charge on any atom is -0.351 e. The van der Waals surface area contributed by atoms with Crippen LogP contribution in [0.1, 0.15) is 32.0 Å². The Morgan fingerprint density at radius 2 is 1.77 bits per heavy atom. The first kappa shape index (κ1) is 22.0. The quantitative estimate of drug-likeness (QED) is 0.841. The zero-order chi connectivity index (χ0) is 18.8. The summed E-state index contributed by atoms with van der Waals surface area (Å²) in [4.78, 5) is 12.0. The number of nitrogens with two attached hydrogens (primary N) is 1. The first-order chi connectivity index (χ1) is 11.5. The predicted molar refractivity (Wildman–Crippen MR) is 95.1 cm³/mol. The number of amides is 1. The molecule has 2 aromatic rings. The first-order valence-corrected chi connectivity index (χ1v) is 7.74. The van der Waals surface area contributed by atoms with Gasteiger partial charge in [0.2, 0.25) is 5.91 Å². The lowest BCUT2D eigenvalue weighted by atomic mass is 9.87. The highest BCUT2D eigenvalue weighted by atomic mass is 35.5. The molecule has 2 rings (SSSR count). The second-order valence-electron chi connectivity index (χ2n) is 6.87. The topological polar surface area (TPSA) is 72.9 Å². The number of hydrogen-bond donors (Lipinski definition) is 2. The maximum atomic E-state index is 12.6. The monoisotopic (exact) mass is 390 g/mol. The van der Waals surface area contributed by atoms with Crippen LogP contribution in [0.25, 0.3) is 5.69 Å². The van der Waals surface area contributed by atoms with Crippen molar-refractivity contribution in [3.8, 4) is 5.69 Å². The van der Waals surface area contributed by atoms with Crippen LogP contribution >= 0.6 is 12.4 Å². The van der Waals surface area contributed by atoms with Gasteiger partial charge in [0.15, 0.2) is 5.69 Å². The first-order valence-electron chi connectivity index (χ1n) is 7.74. The molecule has 0 spiro atoms. The van der Waals surface area contributed by atoms with E-state index in [1.54, 1.807) is 24.3 Å². The molecule has 9 heteroatoms. The molecule has 1 amide bonds. The molecule has 0 saturated heterocycles. The number of nitrogens with one attached hydrogen (secondary N) is 1. The number of aromatic nitrogens is 2. The van der Waals surface area contributed by atoms with Gasteiger partial charge < -0.3 is 11.1 Å². The van der Waals surface area contributed by atoms with Gasteiger partial charge in [0.05, 0.1) is 11.7 Å². The van der Waals surface area contributed by atoms with Crippen molar-refractivity contribution in [2.45, 2.75) is 39.5 Å². The van der Waals surface area contributed by atoms with Crippen LogP contribution in [0, 0.1) is 5.41 Å². The van der Waals surface area contributed by atoms with Gasteiger partial charge >= 0.3 is 6.18 Å². The van der Waals surface area contributed by atoms with Crippen molar-refractivity contribution in [1.82, 2.24) is 15.1 Å². The van der Waals surface area contributed by atoms with Gasteiger partial charge in [0.1, 0.15) is 0 Å². The number of benzene rings is 1. The molecule has 1 heterocycles. The second-order valence-corrected chi connectivity index (χ2v) is 6.87. The van der Waals surface area contributed by atoms with Crippen LogP contribution in [0.3, 0.4) is 0 Å². The van der Waals surface area contributed by atoms with Crippen LogP contribution in [0.2, 0.25) is 0 Å². The Labute approximate surface area is 156 Å². The van der Waals surface area contributed by atoms with Crippen molar-refractivity contribution in [2.75, 3.05) is 0 Å². The third-order valence-corrected chi connectivity index (χ3v) is 3.76. The average molecular weight is 391 g/mol. The van der Waals surface area contributed by atoms with Crippen molar-refractivity contribution in [2.24, 2.45) is 11.1 Å². The largest absolute Gasteiger partial charge is 0.435 e. The fourth-order valence-corrected chi connectivity index (χ4v) is 2.08. The van der Waals surface area contributed by atoms with Gasteiger partial charge in [-0.25, -0.2) is 4.68 Å². The van der Waals surface area contributed by atoms with E-state index < -0.39 is 17.9 Å². The van der Waals surface area contributed by atoms with Gasteiger partial charge in [-0.2, -0.15) is 18.3 Å². The molecule has 144 valence electrons. The van der Waals surface area contributed by atoms with Crippen molar-refractivity contribution in [1.29, 1.82) is 0 Å². The Morgan fingerprint density at radius 3 is 2.23 bits per heavy atom. The molecule has 0 fully saturated rings. The number of hydrogen-bond acceptors (Lipinski definition) is 3. The summed E-state index contributed by atoms with van der Waals surface area (Å²) in [6.45, 7) is 5.93. The SMILES string of the molecule is CC(C)(C)[C@H](N)C(=O)NCc1ccc(-n2ccc(C(F)(F)F)n2)cc1.Cl. The number of nitrogens with zero attached hydrogens (tertiary/aromatic N) is 2. The maximum absolute atomic E-state index is 12.6. The average Bonchev–Trinajstić information content (AvgIpc) is 3.01. The van der Waals surface area contributed by atoms with Gasteiger partial charge in [0.25, 0.3) is 0 Å². The van der Waals surface area contributed by atoms with E-state index in [4.69, 9.17) is 5.73 Å². The molecule has 3 N–H and O–H groups in total. The molecule has 0 aliphatic rings. The smallest absolute Gasteiger partial charge is 0.351 e. The van der Waals surface area contributed by atoms with Gasteiger partial charge in [-0.1, -0.05) is 32.9 Å². The van der Waals surface area contributed by atoms with Crippen LogP contribution in [0.5, 0.6) is 0 Å². The predicted octanol–water partition coefficient (Wildman–Crippen LogP) is 3.30. The minimum absolute atomic E-state index is 0. The normalized spacial score (nSPS) is 13.0. The molecule has 0 aliphatic carbocycles. The minimum atomic E-state index is -4.47. The van der Waals surface area contributed by atoms with E-state index >= 15 is 0 Å². The molecule has 0 radical (unpaired) electrons. The fourth-order valence-electron chi connectivity index (χ4n) is 2.08.